The van der Waals surface area contributed by atoms with Gasteiger partial charge in [0.15, 0.2) is 0 Å². The number of carbonyl (C=O) groups is 2. The molecule has 0 radical (unpaired) electrons. The second-order valence-corrected chi connectivity index (χ2v) is 9.62. The first-order valence-electron chi connectivity index (χ1n) is 14.5. The molecule has 7 heteroatoms. The normalized spacial score (nSPS) is 11.1. The summed E-state index contributed by atoms with van der Waals surface area (Å²) < 4.78 is 0. The van der Waals surface area contributed by atoms with Crippen LogP contribution in [0, 0.1) is 0 Å². The van der Waals surface area contributed by atoms with Crippen LogP contribution in [0.15, 0.2) is 12.2 Å². The highest BCUT2D eigenvalue weighted by Crippen LogP contribution is 2.10. The van der Waals surface area contributed by atoms with Gasteiger partial charge in [-0.05, 0) is 45.1 Å². The number of allylic oxidation sites excluding steroid dienone is 2. The number of rotatable bonds is 24. The van der Waals surface area contributed by atoms with E-state index in [1.54, 1.807) is 7.05 Å². The molecule has 0 aromatic carbocycles. The average Bonchev–Trinajstić information content (AvgIpc) is 2.85. The van der Waals surface area contributed by atoms with Gasteiger partial charge in [-0.25, -0.2) is 0 Å². The van der Waals surface area contributed by atoms with Crippen molar-refractivity contribution in [2.45, 2.75) is 117 Å². The van der Waals surface area contributed by atoms with Crippen molar-refractivity contribution < 1.29 is 24.9 Å². The minimum atomic E-state index is -0.958. The Morgan fingerprint density at radius 3 is 1.61 bits per heavy atom. The van der Waals surface area contributed by atoms with Crippen LogP contribution >= 0.6 is 0 Å². The Kier molecular flexibility index (Phi) is 30.4. The van der Waals surface area contributed by atoms with Gasteiger partial charge in [-0.2, -0.15) is 0 Å². The standard InChI is InChI=1S/C21H39NO3.C8H19NO2/c1-3-4-5-6-7-8-9-10-11-12-13-14-15-16-17-18-20(23)22(2)19-21(24)25;1-2-3-4-9(5-7-10)6-8-11/h10-11H,3-9,12-19H2,1-2H3,(H,24,25);10-11H,2-8H2,1H3/b11-10-;. The molecule has 0 rings (SSSR count). The zero-order chi connectivity index (χ0) is 27.3. The molecule has 0 aliphatic carbocycles. The average molecular weight is 515 g/mol. The number of carbonyl (C=O) groups excluding carboxylic acids is 1. The Bertz CT molecular complexity index is 508. The van der Waals surface area contributed by atoms with Gasteiger partial charge in [-0.1, -0.05) is 83.8 Å². The van der Waals surface area contributed by atoms with Gasteiger partial charge < -0.3 is 20.2 Å². The number of likely N-dealkylation sites (N-methyl/N-ethyl adjacent to an activating group) is 1. The topological polar surface area (TPSA) is 101 Å². The fourth-order valence-electron chi connectivity index (χ4n) is 3.83. The lowest BCUT2D eigenvalue weighted by Gasteiger charge is -2.19. The zero-order valence-corrected chi connectivity index (χ0v) is 23.8. The Hall–Kier alpha value is -1.44. The summed E-state index contributed by atoms with van der Waals surface area (Å²) >= 11 is 0. The third-order valence-electron chi connectivity index (χ3n) is 6.11. The number of nitrogens with zero attached hydrogens (tertiary/aromatic N) is 2. The Morgan fingerprint density at radius 2 is 1.14 bits per heavy atom. The molecule has 214 valence electrons. The molecule has 0 spiro atoms. The van der Waals surface area contributed by atoms with Crippen molar-refractivity contribution >= 4 is 11.9 Å². The van der Waals surface area contributed by atoms with Gasteiger partial charge in [0.25, 0.3) is 0 Å². The molecule has 0 aromatic rings. The first-order chi connectivity index (χ1) is 17.4. The van der Waals surface area contributed by atoms with Crippen molar-refractivity contribution in [1.29, 1.82) is 0 Å². The second-order valence-electron chi connectivity index (χ2n) is 9.62. The molecule has 0 aliphatic heterocycles. The predicted octanol–water partition coefficient (Wildman–Crippen LogP) is 5.64. The van der Waals surface area contributed by atoms with Gasteiger partial charge in [0, 0.05) is 26.6 Å². The smallest absolute Gasteiger partial charge is 0.323 e. The summed E-state index contributed by atoms with van der Waals surface area (Å²) in [7, 11) is 1.55. The first-order valence-corrected chi connectivity index (χ1v) is 14.5. The van der Waals surface area contributed by atoms with E-state index in [4.69, 9.17) is 15.3 Å². The van der Waals surface area contributed by atoms with E-state index in [0.29, 0.717) is 19.5 Å². The van der Waals surface area contributed by atoms with Crippen molar-refractivity contribution in [3.05, 3.63) is 12.2 Å². The molecule has 0 saturated carbocycles. The summed E-state index contributed by atoms with van der Waals surface area (Å²) in [5.74, 6) is -1.03. The summed E-state index contributed by atoms with van der Waals surface area (Å²) in [6.07, 6.45) is 23.4. The lowest BCUT2D eigenvalue weighted by atomic mass is 10.1. The number of hydrogen-bond donors (Lipinski definition) is 3. The molecule has 0 saturated heterocycles. The van der Waals surface area contributed by atoms with Gasteiger partial charge in [-0.3, -0.25) is 14.5 Å². The summed E-state index contributed by atoms with van der Waals surface area (Å²) in [5, 5.41) is 25.9. The predicted molar refractivity (Wildman–Crippen MR) is 150 cm³/mol. The third kappa shape index (κ3) is 28.8. The molecular weight excluding hydrogens is 456 g/mol. The second kappa shape index (κ2) is 29.8. The van der Waals surface area contributed by atoms with Crippen LogP contribution in [-0.4, -0.2) is 83.4 Å². The SMILES string of the molecule is CCCCCCCC/C=C\CCCCCCCC(=O)N(C)CC(=O)O.CCCCN(CCO)CCO. The molecule has 36 heavy (non-hydrogen) atoms. The molecule has 1 amide bonds. The van der Waals surface area contributed by atoms with E-state index < -0.39 is 5.97 Å². The molecule has 3 N–H and O–H groups in total. The molecule has 0 heterocycles. The summed E-state index contributed by atoms with van der Waals surface area (Å²) in [5.41, 5.74) is 0. The van der Waals surface area contributed by atoms with Crippen molar-refractivity contribution in [2.75, 3.05) is 46.4 Å². The Morgan fingerprint density at radius 1 is 0.667 bits per heavy atom. The quantitative estimate of drug-likeness (QED) is 0.114. The molecular formula is C29H58N2O5. The maximum Gasteiger partial charge on any atom is 0.323 e. The number of aliphatic hydroxyl groups excluding tert-OH is 2. The zero-order valence-electron chi connectivity index (χ0n) is 23.8. The van der Waals surface area contributed by atoms with E-state index in [2.05, 4.69) is 30.9 Å². The van der Waals surface area contributed by atoms with Crippen molar-refractivity contribution in [1.82, 2.24) is 9.80 Å². The van der Waals surface area contributed by atoms with E-state index in [1.807, 2.05) is 0 Å². The minimum absolute atomic E-state index is 0.0694. The lowest BCUT2D eigenvalue weighted by Crippen LogP contribution is -2.31. The lowest BCUT2D eigenvalue weighted by molar-refractivity contribution is -0.143. The van der Waals surface area contributed by atoms with E-state index >= 15 is 0 Å². The molecule has 0 aliphatic rings. The van der Waals surface area contributed by atoms with Crippen LogP contribution < -0.4 is 0 Å². The maximum atomic E-state index is 11.7. The molecule has 0 aromatic heterocycles. The van der Waals surface area contributed by atoms with Crippen molar-refractivity contribution in [3.8, 4) is 0 Å². The maximum absolute atomic E-state index is 11.7. The van der Waals surface area contributed by atoms with Gasteiger partial charge in [-0.15, -0.1) is 0 Å². The fraction of sp³-hybridized carbons (Fsp3) is 0.862. The Labute approximate surface area is 221 Å². The highest BCUT2D eigenvalue weighted by atomic mass is 16.4. The summed E-state index contributed by atoms with van der Waals surface area (Å²) in [6.45, 7) is 6.90. The van der Waals surface area contributed by atoms with Crippen molar-refractivity contribution in [2.24, 2.45) is 0 Å². The molecule has 0 unspecified atom stereocenters. The van der Waals surface area contributed by atoms with Crippen LogP contribution in [0.2, 0.25) is 0 Å². The van der Waals surface area contributed by atoms with Crippen LogP contribution in [0.4, 0.5) is 0 Å². The van der Waals surface area contributed by atoms with Gasteiger partial charge >= 0.3 is 5.97 Å². The number of aliphatic hydroxyl groups is 2. The first kappa shape index (κ1) is 36.7. The molecule has 7 nitrogen and oxygen atoms in total. The highest BCUT2D eigenvalue weighted by molar-refractivity contribution is 5.80. The Balaban J connectivity index is 0. The summed E-state index contributed by atoms with van der Waals surface area (Å²) in [4.78, 5) is 25.6. The minimum Gasteiger partial charge on any atom is -0.480 e. The monoisotopic (exact) mass is 514 g/mol. The molecule has 0 bridgehead atoms. The van der Waals surface area contributed by atoms with E-state index in [0.717, 1.165) is 45.1 Å². The van der Waals surface area contributed by atoms with E-state index in [9.17, 15) is 9.59 Å². The highest BCUT2D eigenvalue weighted by Gasteiger charge is 2.11. The van der Waals surface area contributed by atoms with Crippen LogP contribution in [-0.2, 0) is 9.59 Å². The van der Waals surface area contributed by atoms with Crippen LogP contribution in [0.5, 0.6) is 0 Å². The largest absolute Gasteiger partial charge is 0.480 e. The van der Waals surface area contributed by atoms with Gasteiger partial charge in [0.2, 0.25) is 5.91 Å². The number of amides is 1. The number of aliphatic carboxylic acids is 1. The number of hydrogen-bond acceptors (Lipinski definition) is 5. The van der Waals surface area contributed by atoms with Crippen molar-refractivity contribution in [3.63, 3.8) is 0 Å². The van der Waals surface area contributed by atoms with Crippen LogP contribution in [0.25, 0.3) is 0 Å². The molecule has 0 atom stereocenters. The number of carboxylic acids is 1. The number of carboxylic acid groups (broad SMARTS) is 1. The van der Waals surface area contributed by atoms with Gasteiger partial charge in [0.1, 0.15) is 6.54 Å². The van der Waals surface area contributed by atoms with E-state index in [-0.39, 0.29) is 25.7 Å². The van der Waals surface area contributed by atoms with Crippen LogP contribution in [0.1, 0.15) is 117 Å². The molecule has 0 fully saturated rings. The van der Waals surface area contributed by atoms with Crippen LogP contribution in [0.3, 0.4) is 0 Å². The number of unbranched alkanes of at least 4 members (excludes halogenated alkanes) is 12. The fourth-order valence-corrected chi connectivity index (χ4v) is 3.83. The van der Waals surface area contributed by atoms with E-state index in [1.165, 1.54) is 62.7 Å². The third-order valence-corrected chi connectivity index (χ3v) is 6.11. The van der Waals surface area contributed by atoms with Gasteiger partial charge in [0.05, 0.1) is 13.2 Å². The summed E-state index contributed by atoms with van der Waals surface area (Å²) in [6, 6.07) is 0.